The molecule has 1 N–H and O–H groups in total. The summed E-state index contributed by atoms with van der Waals surface area (Å²) in [5.41, 5.74) is 3.85. The van der Waals surface area contributed by atoms with Gasteiger partial charge in [0.05, 0.1) is 16.5 Å². The number of rotatable bonds is 10. The third-order valence-corrected chi connectivity index (χ3v) is 6.51. The number of halogens is 2. The van der Waals surface area contributed by atoms with Gasteiger partial charge in [0.25, 0.3) is 0 Å². The highest BCUT2D eigenvalue weighted by Crippen LogP contribution is 2.24. The Kier molecular flexibility index (Phi) is 9.76. The first-order chi connectivity index (χ1) is 16.7. The van der Waals surface area contributed by atoms with Crippen LogP contribution in [0.4, 0.5) is 0 Å². The third kappa shape index (κ3) is 8.12. The number of amides is 2. The van der Waals surface area contributed by atoms with Gasteiger partial charge in [0.15, 0.2) is 0 Å². The van der Waals surface area contributed by atoms with Crippen LogP contribution in [0.25, 0.3) is 0 Å². The molecule has 0 heterocycles. The molecule has 3 aromatic carbocycles. The van der Waals surface area contributed by atoms with Gasteiger partial charge < -0.3 is 10.2 Å². The normalized spacial score (nSPS) is 11.8. The fraction of sp³-hybridized carbons (Fsp3) is 0.310. The fourth-order valence-electron chi connectivity index (χ4n) is 3.79. The smallest absolute Gasteiger partial charge is 0.243 e. The number of hydrogen-bond acceptors (Lipinski definition) is 2. The molecule has 0 saturated carbocycles. The molecule has 3 rings (SSSR count). The first-order valence-corrected chi connectivity index (χ1v) is 12.6. The van der Waals surface area contributed by atoms with Gasteiger partial charge in [0.2, 0.25) is 11.8 Å². The maximum absolute atomic E-state index is 13.7. The van der Waals surface area contributed by atoms with Crippen LogP contribution in [-0.4, -0.2) is 29.3 Å². The minimum atomic E-state index is -0.660. The zero-order valence-corrected chi connectivity index (χ0v) is 21.9. The third-order valence-electron chi connectivity index (χ3n) is 5.77. The molecule has 35 heavy (non-hydrogen) atoms. The van der Waals surface area contributed by atoms with E-state index in [1.165, 1.54) is 0 Å². The van der Waals surface area contributed by atoms with E-state index in [1.54, 1.807) is 23.1 Å². The molecule has 0 fully saturated rings. The zero-order valence-electron chi connectivity index (χ0n) is 20.4. The van der Waals surface area contributed by atoms with E-state index in [9.17, 15) is 9.59 Å². The molecule has 0 unspecified atom stereocenters. The average Bonchev–Trinajstić information content (AvgIpc) is 2.84. The summed E-state index contributed by atoms with van der Waals surface area (Å²) in [6, 6.07) is 22.4. The van der Waals surface area contributed by atoms with Gasteiger partial charge in [-0.2, -0.15) is 0 Å². The van der Waals surface area contributed by atoms with Crippen molar-refractivity contribution in [2.24, 2.45) is 5.92 Å². The quantitative estimate of drug-likeness (QED) is 0.350. The van der Waals surface area contributed by atoms with E-state index < -0.39 is 6.04 Å². The Balaban J connectivity index is 1.95. The number of benzene rings is 3. The van der Waals surface area contributed by atoms with Crippen molar-refractivity contribution in [2.45, 2.75) is 46.2 Å². The molecule has 0 aliphatic carbocycles. The van der Waals surface area contributed by atoms with E-state index in [0.717, 1.165) is 22.3 Å². The number of nitrogens with one attached hydrogen (secondary N) is 1. The van der Waals surface area contributed by atoms with Gasteiger partial charge in [-0.15, -0.1) is 0 Å². The molecule has 0 aliphatic heterocycles. The highest BCUT2D eigenvalue weighted by molar-refractivity contribution is 6.42. The summed E-state index contributed by atoms with van der Waals surface area (Å²) < 4.78 is 0. The maximum Gasteiger partial charge on any atom is 0.243 e. The van der Waals surface area contributed by atoms with Crippen molar-refractivity contribution in [1.29, 1.82) is 0 Å². The minimum Gasteiger partial charge on any atom is -0.354 e. The molecule has 6 heteroatoms. The van der Waals surface area contributed by atoms with Crippen molar-refractivity contribution in [3.63, 3.8) is 0 Å². The Morgan fingerprint density at radius 2 is 1.51 bits per heavy atom. The second kappa shape index (κ2) is 12.8. The Bertz CT molecular complexity index is 1130. The lowest BCUT2D eigenvalue weighted by Crippen LogP contribution is -2.51. The van der Waals surface area contributed by atoms with Crippen LogP contribution in [0.15, 0.2) is 72.8 Å². The number of carbonyl (C=O) groups excluding carboxylic acids is 2. The van der Waals surface area contributed by atoms with E-state index in [1.807, 2.05) is 75.4 Å². The first-order valence-electron chi connectivity index (χ1n) is 11.8. The van der Waals surface area contributed by atoms with Crippen LogP contribution in [0.1, 0.15) is 36.1 Å². The summed E-state index contributed by atoms with van der Waals surface area (Å²) in [6.45, 7) is 6.99. The molecule has 184 valence electrons. The van der Waals surface area contributed by atoms with Crippen LogP contribution in [0, 0.1) is 12.8 Å². The van der Waals surface area contributed by atoms with Crippen molar-refractivity contribution in [3.05, 3.63) is 105 Å². The first kappa shape index (κ1) is 26.8. The van der Waals surface area contributed by atoms with Gasteiger partial charge in [-0.3, -0.25) is 9.59 Å². The van der Waals surface area contributed by atoms with Crippen molar-refractivity contribution in [1.82, 2.24) is 10.2 Å². The number of carbonyl (C=O) groups is 2. The van der Waals surface area contributed by atoms with E-state index >= 15 is 0 Å². The highest BCUT2D eigenvalue weighted by Gasteiger charge is 2.30. The van der Waals surface area contributed by atoms with Crippen molar-refractivity contribution < 1.29 is 9.59 Å². The van der Waals surface area contributed by atoms with Crippen LogP contribution in [0.5, 0.6) is 0 Å². The highest BCUT2D eigenvalue weighted by atomic mass is 35.5. The second-order valence-electron chi connectivity index (χ2n) is 9.28. The lowest BCUT2D eigenvalue weighted by molar-refractivity contribution is -0.140. The molecule has 0 saturated heterocycles. The van der Waals surface area contributed by atoms with Crippen LogP contribution in [0.3, 0.4) is 0 Å². The van der Waals surface area contributed by atoms with E-state index in [-0.39, 0.29) is 18.2 Å². The van der Waals surface area contributed by atoms with Gasteiger partial charge in [-0.25, -0.2) is 0 Å². The average molecular weight is 511 g/mol. The monoisotopic (exact) mass is 510 g/mol. The zero-order chi connectivity index (χ0) is 25.4. The second-order valence-corrected chi connectivity index (χ2v) is 10.1. The molecule has 0 aromatic heterocycles. The summed E-state index contributed by atoms with van der Waals surface area (Å²) in [7, 11) is 0. The molecule has 0 aliphatic rings. The van der Waals surface area contributed by atoms with Gasteiger partial charge >= 0.3 is 0 Å². The maximum atomic E-state index is 13.7. The van der Waals surface area contributed by atoms with E-state index in [2.05, 4.69) is 5.32 Å². The molecule has 1 atom stereocenters. The van der Waals surface area contributed by atoms with E-state index in [4.69, 9.17) is 23.2 Å². The lowest BCUT2D eigenvalue weighted by Gasteiger charge is -2.32. The van der Waals surface area contributed by atoms with Crippen molar-refractivity contribution >= 4 is 35.0 Å². The summed E-state index contributed by atoms with van der Waals surface area (Å²) in [6.07, 6.45) is 0.537. The van der Waals surface area contributed by atoms with Crippen molar-refractivity contribution in [2.75, 3.05) is 6.54 Å². The van der Waals surface area contributed by atoms with Gasteiger partial charge in [0, 0.05) is 19.5 Å². The van der Waals surface area contributed by atoms with Crippen LogP contribution in [0.2, 0.25) is 10.0 Å². The fourth-order valence-corrected chi connectivity index (χ4v) is 4.11. The largest absolute Gasteiger partial charge is 0.354 e. The molecule has 0 bridgehead atoms. The van der Waals surface area contributed by atoms with E-state index in [0.29, 0.717) is 35.5 Å². The summed E-state index contributed by atoms with van der Waals surface area (Å²) in [5, 5.41) is 3.88. The number of nitrogens with zero attached hydrogens (tertiary/aromatic N) is 1. The summed E-state index contributed by atoms with van der Waals surface area (Å²) in [4.78, 5) is 28.9. The molecular formula is C29H32Cl2N2O2. The Hall–Kier alpha value is -2.82. The standard InChI is InChI=1S/C29H32Cl2N2O2/c1-20(2)18-32-29(35)27(16-22-7-5-4-6-8-22)33(19-23-11-9-21(3)10-12-23)28(34)17-24-13-14-25(30)26(31)15-24/h4-15,20,27H,16-19H2,1-3H3,(H,32,35)/t27-/m1/s1. The van der Waals surface area contributed by atoms with Crippen molar-refractivity contribution in [3.8, 4) is 0 Å². The molecule has 4 nitrogen and oxygen atoms in total. The molecule has 0 radical (unpaired) electrons. The van der Waals surface area contributed by atoms with Crippen LogP contribution >= 0.6 is 23.2 Å². The molecule has 3 aromatic rings. The Morgan fingerprint density at radius 1 is 0.857 bits per heavy atom. The van der Waals surface area contributed by atoms with Crippen LogP contribution in [-0.2, 0) is 29.0 Å². The number of hydrogen-bond donors (Lipinski definition) is 1. The van der Waals surface area contributed by atoms with Gasteiger partial charge in [-0.05, 0) is 41.7 Å². The predicted octanol–water partition coefficient (Wildman–Crippen LogP) is 6.26. The Labute approximate surface area is 218 Å². The lowest BCUT2D eigenvalue weighted by atomic mass is 10.0. The molecular weight excluding hydrogens is 479 g/mol. The van der Waals surface area contributed by atoms with Gasteiger partial charge in [-0.1, -0.05) is 103 Å². The molecule has 0 spiro atoms. The Morgan fingerprint density at radius 3 is 2.14 bits per heavy atom. The van der Waals surface area contributed by atoms with Crippen LogP contribution < -0.4 is 5.32 Å². The van der Waals surface area contributed by atoms with Gasteiger partial charge in [0.1, 0.15) is 6.04 Å². The molecule has 2 amide bonds. The predicted molar refractivity (Wildman–Crippen MR) is 144 cm³/mol. The topological polar surface area (TPSA) is 49.4 Å². The summed E-state index contributed by atoms with van der Waals surface area (Å²) >= 11 is 12.3. The number of aryl methyl sites for hydroxylation is 1. The summed E-state index contributed by atoms with van der Waals surface area (Å²) in [5.74, 6) is -0.00414. The SMILES string of the molecule is Cc1ccc(CN(C(=O)Cc2ccc(Cl)c(Cl)c2)[C@H](Cc2ccccc2)C(=O)NCC(C)C)cc1. The minimum absolute atomic E-state index is 0.117.